The van der Waals surface area contributed by atoms with E-state index >= 15 is 0 Å². The summed E-state index contributed by atoms with van der Waals surface area (Å²) in [6.45, 7) is 1.76. The average Bonchev–Trinajstić information content (AvgIpc) is 3.41. The van der Waals surface area contributed by atoms with E-state index in [1.54, 1.807) is 25.7 Å². The molecule has 5 aromatic rings. The molecule has 0 radical (unpaired) electrons. The van der Waals surface area contributed by atoms with Crippen molar-refractivity contribution in [1.82, 2.24) is 20.3 Å². The molecule has 3 heterocycles. The topological polar surface area (TPSA) is 108 Å². The Morgan fingerprint density at radius 3 is 2.81 bits per heavy atom. The lowest BCUT2D eigenvalue weighted by atomic mass is 10.0. The molecule has 37 heavy (non-hydrogen) atoms. The smallest absolute Gasteiger partial charge is 0.161 e. The summed E-state index contributed by atoms with van der Waals surface area (Å²) < 4.78 is 11.6. The van der Waals surface area contributed by atoms with Crippen molar-refractivity contribution in [2.24, 2.45) is 0 Å². The first-order valence-corrected chi connectivity index (χ1v) is 11.9. The maximum absolute atomic E-state index is 9.80. The molecule has 8 heteroatoms. The largest absolute Gasteiger partial charge is 0.493 e. The zero-order valence-corrected chi connectivity index (χ0v) is 20.4. The number of methoxy groups -OCH3 is 1. The van der Waals surface area contributed by atoms with E-state index in [9.17, 15) is 5.26 Å². The molecule has 3 aromatic heterocycles. The molecule has 0 saturated heterocycles. The lowest BCUT2D eigenvalue weighted by Crippen LogP contribution is -2.21. The third-order valence-electron chi connectivity index (χ3n) is 5.93. The minimum Gasteiger partial charge on any atom is -0.493 e. The first-order valence-electron chi connectivity index (χ1n) is 11.9. The molecule has 0 atom stereocenters. The van der Waals surface area contributed by atoms with Crippen LogP contribution in [0.1, 0.15) is 11.3 Å². The molecule has 0 saturated carbocycles. The normalized spacial score (nSPS) is 10.7. The summed E-state index contributed by atoms with van der Waals surface area (Å²) >= 11 is 0. The standard InChI is InChI=1S/C29H26N6O2/c1-36-27-8-5-20(15-28(27)37-13-12-31-18-24-4-2-3-10-33-24)25-19-32-17-22(16-30)29(25)35-23-6-7-26-21(14-23)9-11-34-26/h2-11,14-15,17,19,31,34H,12-13,18H2,1H3,(H,32,35). The van der Waals surface area contributed by atoms with E-state index in [1.807, 2.05) is 66.9 Å². The molecule has 0 bridgehead atoms. The van der Waals surface area contributed by atoms with Gasteiger partial charge in [0.05, 0.1) is 24.1 Å². The maximum Gasteiger partial charge on any atom is 0.161 e. The molecule has 184 valence electrons. The van der Waals surface area contributed by atoms with Crippen molar-refractivity contribution in [2.75, 3.05) is 25.6 Å². The second-order valence-corrected chi connectivity index (χ2v) is 8.34. The first-order chi connectivity index (χ1) is 18.2. The number of benzene rings is 2. The molecule has 5 rings (SSSR count). The van der Waals surface area contributed by atoms with Crippen LogP contribution in [0.25, 0.3) is 22.0 Å². The summed E-state index contributed by atoms with van der Waals surface area (Å²) in [6.07, 6.45) is 6.99. The number of nitrogens with zero attached hydrogens (tertiary/aromatic N) is 3. The van der Waals surface area contributed by atoms with Crippen molar-refractivity contribution < 1.29 is 9.47 Å². The predicted octanol–water partition coefficient (Wildman–Crippen LogP) is 5.42. The van der Waals surface area contributed by atoms with Gasteiger partial charge in [0.2, 0.25) is 0 Å². The number of H-pyrrole nitrogens is 1. The highest BCUT2D eigenvalue weighted by atomic mass is 16.5. The molecule has 0 aliphatic rings. The number of aromatic nitrogens is 3. The molecule has 0 unspecified atom stereocenters. The Kier molecular flexibility index (Phi) is 7.25. The predicted molar refractivity (Wildman–Crippen MR) is 144 cm³/mol. The molecule has 2 aromatic carbocycles. The van der Waals surface area contributed by atoms with E-state index < -0.39 is 0 Å². The van der Waals surface area contributed by atoms with E-state index in [1.165, 1.54) is 0 Å². The van der Waals surface area contributed by atoms with Gasteiger partial charge in [0.1, 0.15) is 12.7 Å². The van der Waals surface area contributed by atoms with Gasteiger partial charge >= 0.3 is 0 Å². The molecule has 0 fully saturated rings. The lowest BCUT2D eigenvalue weighted by molar-refractivity contribution is 0.292. The van der Waals surface area contributed by atoms with Gasteiger partial charge in [-0.2, -0.15) is 5.26 Å². The summed E-state index contributed by atoms with van der Waals surface area (Å²) in [5.41, 5.74) is 5.67. The Morgan fingerprint density at radius 1 is 1.03 bits per heavy atom. The van der Waals surface area contributed by atoms with E-state index in [0.29, 0.717) is 42.4 Å². The Morgan fingerprint density at radius 2 is 1.97 bits per heavy atom. The van der Waals surface area contributed by atoms with Gasteiger partial charge in [-0.3, -0.25) is 9.97 Å². The fourth-order valence-corrected chi connectivity index (χ4v) is 4.08. The summed E-state index contributed by atoms with van der Waals surface area (Å²) in [5, 5.41) is 17.6. The van der Waals surface area contributed by atoms with Crippen LogP contribution in [-0.4, -0.2) is 35.2 Å². The zero-order valence-electron chi connectivity index (χ0n) is 20.4. The number of fused-ring (bicyclic) bond motifs is 1. The van der Waals surface area contributed by atoms with E-state index in [4.69, 9.17) is 9.47 Å². The number of aromatic amines is 1. The van der Waals surface area contributed by atoms with Gasteiger partial charge < -0.3 is 25.1 Å². The zero-order chi connectivity index (χ0) is 25.5. The van der Waals surface area contributed by atoms with Crippen molar-refractivity contribution in [3.8, 4) is 28.7 Å². The SMILES string of the molecule is COc1ccc(-c2cncc(C#N)c2Nc2ccc3[nH]ccc3c2)cc1OCCNCc1ccccn1. The van der Waals surface area contributed by atoms with Gasteiger partial charge in [-0.15, -0.1) is 0 Å². The number of hydrogen-bond donors (Lipinski definition) is 3. The van der Waals surface area contributed by atoms with Crippen molar-refractivity contribution in [2.45, 2.75) is 6.54 Å². The number of nitriles is 1. The van der Waals surface area contributed by atoms with Crippen LogP contribution in [0.3, 0.4) is 0 Å². The lowest BCUT2D eigenvalue weighted by Gasteiger charge is -2.16. The third-order valence-corrected chi connectivity index (χ3v) is 5.93. The molecule has 0 amide bonds. The highest BCUT2D eigenvalue weighted by Gasteiger charge is 2.15. The van der Waals surface area contributed by atoms with Crippen LogP contribution in [0.2, 0.25) is 0 Å². The van der Waals surface area contributed by atoms with Gasteiger partial charge in [0.25, 0.3) is 0 Å². The Hall–Kier alpha value is -4.87. The van der Waals surface area contributed by atoms with Crippen LogP contribution >= 0.6 is 0 Å². The van der Waals surface area contributed by atoms with Crippen LogP contribution in [0.15, 0.2) is 85.5 Å². The highest BCUT2D eigenvalue weighted by molar-refractivity contribution is 5.88. The van der Waals surface area contributed by atoms with E-state index in [0.717, 1.165) is 33.4 Å². The summed E-state index contributed by atoms with van der Waals surface area (Å²) in [6, 6.07) is 21.8. The van der Waals surface area contributed by atoms with Crippen molar-refractivity contribution >= 4 is 22.3 Å². The minimum absolute atomic E-state index is 0.448. The Bertz CT molecular complexity index is 1540. The molecule has 0 spiro atoms. The van der Waals surface area contributed by atoms with Gasteiger partial charge in [0, 0.05) is 60.0 Å². The van der Waals surface area contributed by atoms with Crippen molar-refractivity contribution in [1.29, 1.82) is 5.26 Å². The first kappa shape index (κ1) is 23.9. The second kappa shape index (κ2) is 11.2. The molecule has 0 aliphatic carbocycles. The van der Waals surface area contributed by atoms with Crippen molar-refractivity contribution in [3.05, 3.63) is 96.7 Å². The maximum atomic E-state index is 9.80. The van der Waals surface area contributed by atoms with Gasteiger partial charge in [-0.25, -0.2) is 0 Å². The highest BCUT2D eigenvalue weighted by Crippen LogP contribution is 2.37. The Labute approximate surface area is 214 Å². The van der Waals surface area contributed by atoms with Gasteiger partial charge in [0.15, 0.2) is 11.5 Å². The van der Waals surface area contributed by atoms with Gasteiger partial charge in [-0.1, -0.05) is 12.1 Å². The van der Waals surface area contributed by atoms with Crippen LogP contribution in [0.4, 0.5) is 11.4 Å². The monoisotopic (exact) mass is 490 g/mol. The number of hydrogen-bond acceptors (Lipinski definition) is 7. The molecule has 8 nitrogen and oxygen atoms in total. The fourth-order valence-electron chi connectivity index (χ4n) is 4.08. The van der Waals surface area contributed by atoms with Crippen LogP contribution < -0.4 is 20.1 Å². The third kappa shape index (κ3) is 5.53. The number of ether oxygens (including phenoxy) is 2. The van der Waals surface area contributed by atoms with Crippen molar-refractivity contribution in [3.63, 3.8) is 0 Å². The summed E-state index contributed by atoms with van der Waals surface area (Å²) in [7, 11) is 1.61. The van der Waals surface area contributed by atoms with E-state index in [2.05, 4.69) is 31.7 Å². The molecule has 0 aliphatic heterocycles. The number of rotatable bonds is 10. The summed E-state index contributed by atoms with van der Waals surface area (Å²) in [5.74, 6) is 1.24. The molecular formula is C29H26N6O2. The van der Waals surface area contributed by atoms with Gasteiger partial charge in [-0.05, 0) is 54.1 Å². The molecule has 3 N–H and O–H groups in total. The average molecular weight is 491 g/mol. The summed E-state index contributed by atoms with van der Waals surface area (Å²) in [4.78, 5) is 11.8. The number of anilines is 2. The molecular weight excluding hydrogens is 464 g/mol. The minimum atomic E-state index is 0.448. The number of nitrogens with one attached hydrogen (secondary N) is 3. The van der Waals surface area contributed by atoms with Crippen LogP contribution in [0, 0.1) is 11.3 Å². The Balaban J connectivity index is 1.36. The second-order valence-electron chi connectivity index (χ2n) is 8.34. The number of pyridine rings is 2. The fraction of sp³-hybridized carbons (Fsp3) is 0.138. The van der Waals surface area contributed by atoms with Crippen LogP contribution in [-0.2, 0) is 6.54 Å². The van der Waals surface area contributed by atoms with E-state index in [-0.39, 0.29) is 0 Å². The quantitative estimate of drug-likeness (QED) is 0.224. The van der Waals surface area contributed by atoms with Crippen LogP contribution in [0.5, 0.6) is 11.5 Å².